The van der Waals surface area contributed by atoms with Gasteiger partial charge in [-0.3, -0.25) is 10.1 Å². The van der Waals surface area contributed by atoms with Crippen molar-refractivity contribution in [1.82, 2.24) is 9.97 Å². The third-order valence-corrected chi connectivity index (χ3v) is 3.15. The van der Waals surface area contributed by atoms with Gasteiger partial charge < -0.3 is 30.5 Å². The lowest BCUT2D eigenvalue weighted by molar-refractivity contribution is -0.383. The maximum absolute atomic E-state index is 11.3. The minimum absolute atomic E-state index is 0.0534. The fourth-order valence-corrected chi connectivity index (χ4v) is 2.11. The molecule has 1 aliphatic rings. The molecule has 0 spiro atoms. The lowest BCUT2D eigenvalue weighted by atomic mass is 10.3. The molecule has 11 heteroatoms. The minimum atomic E-state index is -0.575. The van der Waals surface area contributed by atoms with E-state index in [0.29, 0.717) is 39.5 Å². The minimum Gasteiger partial charge on any atom is -0.394 e. The first-order valence-electron chi connectivity index (χ1n) is 7.20. The van der Waals surface area contributed by atoms with Crippen molar-refractivity contribution in [2.24, 2.45) is 0 Å². The van der Waals surface area contributed by atoms with Crippen molar-refractivity contribution in [3.63, 3.8) is 0 Å². The molecule has 2 rings (SSSR count). The summed E-state index contributed by atoms with van der Waals surface area (Å²) >= 11 is 0. The van der Waals surface area contributed by atoms with E-state index in [1.54, 1.807) is 4.90 Å². The van der Waals surface area contributed by atoms with Crippen molar-refractivity contribution in [2.45, 2.75) is 0 Å². The van der Waals surface area contributed by atoms with E-state index in [9.17, 15) is 10.1 Å². The fraction of sp³-hybridized carbons (Fsp3) is 0.667. The van der Waals surface area contributed by atoms with Crippen LogP contribution in [0.4, 0.5) is 23.3 Å². The quantitative estimate of drug-likeness (QED) is 0.315. The third kappa shape index (κ3) is 4.61. The van der Waals surface area contributed by atoms with Gasteiger partial charge in [-0.25, -0.2) is 0 Å². The highest BCUT2D eigenvalue weighted by Gasteiger charge is 2.28. The van der Waals surface area contributed by atoms with Crippen LogP contribution in [-0.2, 0) is 9.47 Å². The Hall–Kier alpha value is -2.24. The van der Waals surface area contributed by atoms with Crippen LogP contribution in [0, 0.1) is 10.1 Å². The van der Waals surface area contributed by atoms with E-state index in [1.165, 1.54) is 0 Å². The van der Waals surface area contributed by atoms with Crippen LogP contribution in [0.25, 0.3) is 0 Å². The predicted molar refractivity (Wildman–Crippen MR) is 82.5 cm³/mol. The topological polar surface area (TPSA) is 149 Å². The average Bonchev–Trinajstić information content (AvgIpc) is 2.54. The zero-order valence-electron chi connectivity index (χ0n) is 12.6. The lowest BCUT2D eigenvalue weighted by Crippen LogP contribution is -2.37. The number of nitrogens with one attached hydrogen (secondary N) is 1. The molecule has 4 N–H and O–H groups in total. The number of hydrogen-bond donors (Lipinski definition) is 3. The first-order valence-corrected chi connectivity index (χ1v) is 7.20. The van der Waals surface area contributed by atoms with Gasteiger partial charge in [0.1, 0.15) is 0 Å². The van der Waals surface area contributed by atoms with Gasteiger partial charge in [0.05, 0.1) is 38.0 Å². The Morgan fingerprint density at radius 2 is 2.13 bits per heavy atom. The number of rotatable bonds is 8. The first-order chi connectivity index (χ1) is 11.1. The second-order valence-electron chi connectivity index (χ2n) is 4.72. The van der Waals surface area contributed by atoms with E-state index < -0.39 is 4.92 Å². The molecule has 0 radical (unpaired) electrons. The monoisotopic (exact) mass is 328 g/mol. The van der Waals surface area contributed by atoms with E-state index in [2.05, 4.69) is 15.3 Å². The van der Waals surface area contributed by atoms with Gasteiger partial charge in [-0.05, 0) is 0 Å². The Kier molecular flexibility index (Phi) is 6.26. The van der Waals surface area contributed by atoms with Gasteiger partial charge in [-0.15, -0.1) is 0 Å². The van der Waals surface area contributed by atoms with Crippen LogP contribution in [0.5, 0.6) is 0 Å². The van der Waals surface area contributed by atoms with Crippen LogP contribution in [0.3, 0.4) is 0 Å². The van der Waals surface area contributed by atoms with Gasteiger partial charge in [-0.2, -0.15) is 9.97 Å². The van der Waals surface area contributed by atoms with Crippen molar-refractivity contribution in [3.05, 3.63) is 10.1 Å². The van der Waals surface area contributed by atoms with Crippen molar-refractivity contribution < 1.29 is 19.5 Å². The zero-order valence-corrected chi connectivity index (χ0v) is 12.6. The molecule has 1 aromatic rings. The van der Waals surface area contributed by atoms with Gasteiger partial charge in [-0.1, -0.05) is 0 Å². The summed E-state index contributed by atoms with van der Waals surface area (Å²) < 4.78 is 10.4. The molecule has 2 heterocycles. The molecule has 0 aromatic carbocycles. The molecule has 11 nitrogen and oxygen atoms in total. The summed E-state index contributed by atoms with van der Waals surface area (Å²) in [5.74, 6) is 0.192. The second kappa shape index (κ2) is 8.41. The highest BCUT2D eigenvalue weighted by Crippen LogP contribution is 2.32. The second-order valence-corrected chi connectivity index (χ2v) is 4.72. The summed E-state index contributed by atoms with van der Waals surface area (Å²) in [6, 6.07) is 0. The average molecular weight is 328 g/mol. The number of nitrogens with zero attached hydrogens (tertiary/aromatic N) is 4. The van der Waals surface area contributed by atoms with Crippen LogP contribution in [-0.4, -0.2) is 72.7 Å². The Morgan fingerprint density at radius 1 is 1.39 bits per heavy atom. The molecule has 0 saturated carbocycles. The molecule has 128 valence electrons. The summed E-state index contributed by atoms with van der Waals surface area (Å²) in [4.78, 5) is 20.6. The largest absolute Gasteiger partial charge is 0.394 e. The maximum Gasteiger partial charge on any atom is 0.353 e. The number of ether oxygens (including phenoxy) is 2. The summed E-state index contributed by atoms with van der Waals surface area (Å²) in [5, 5.41) is 22.8. The van der Waals surface area contributed by atoms with Crippen molar-refractivity contribution in [2.75, 3.05) is 68.6 Å². The predicted octanol–water partition coefficient (Wildman–Crippen LogP) is -0.776. The molecule has 1 aliphatic heterocycles. The molecule has 1 fully saturated rings. The molecule has 0 unspecified atom stereocenters. The van der Waals surface area contributed by atoms with Crippen molar-refractivity contribution in [1.29, 1.82) is 0 Å². The van der Waals surface area contributed by atoms with Gasteiger partial charge >= 0.3 is 5.69 Å². The Labute approximate surface area is 132 Å². The highest BCUT2D eigenvalue weighted by atomic mass is 16.6. The smallest absolute Gasteiger partial charge is 0.353 e. The third-order valence-electron chi connectivity index (χ3n) is 3.15. The van der Waals surface area contributed by atoms with E-state index in [1.807, 2.05) is 0 Å². The molecule has 0 atom stereocenters. The molecule has 0 bridgehead atoms. The molecular weight excluding hydrogens is 308 g/mol. The van der Waals surface area contributed by atoms with Crippen LogP contribution in [0.2, 0.25) is 0 Å². The van der Waals surface area contributed by atoms with Gasteiger partial charge in [0.2, 0.25) is 17.6 Å². The number of nitro groups is 1. The Morgan fingerprint density at radius 3 is 2.78 bits per heavy atom. The van der Waals surface area contributed by atoms with Crippen LogP contribution in [0.1, 0.15) is 0 Å². The summed E-state index contributed by atoms with van der Waals surface area (Å²) in [5.41, 5.74) is 5.43. The highest BCUT2D eigenvalue weighted by molar-refractivity contribution is 5.71. The first kappa shape index (κ1) is 17.1. The fourth-order valence-electron chi connectivity index (χ4n) is 2.11. The van der Waals surface area contributed by atoms with Crippen LogP contribution >= 0.6 is 0 Å². The van der Waals surface area contributed by atoms with E-state index >= 15 is 0 Å². The molecule has 1 saturated heterocycles. The van der Waals surface area contributed by atoms with E-state index in [4.69, 9.17) is 20.3 Å². The van der Waals surface area contributed by atoms with Crippen LogP contribution < -0.4 is 16.0 Å². The SMILES string of the molecule is Nc1nc(NCCOCCO)nc(N2CCOCC2)c1[N+](=O)[O-]. The number of aliphatic hydroxyl groups excluding tert-OH is 1. The van der Waals surface area contributed by atoms with E-state index in [0.717, 1.165) is 0 Å². The molecule has 23 heavy (non-hydrogen) atoms. The normalized spacial score (nSPS) is 14.7. The number of nitrogen functional groups attached to an aromatic ring is 1. The van der Waals surface area contributed by atoms with E-state index in [-0.39, 0.29) is 36.5 Å². The number of aromatic nitrogens is 2. The zero-order chi connectivity index (χ0) is 16.7. The molecule has 1 aromatic heterocycles. The van der Waals surface area contributed by atoms with Gasteiger partial charge in [0, 0.05) is 19.6 Å². The number of nitrogens with two attached hydrogens (primary N) is 1. The number of morpholine rings is 1. The standard InChI is InChI=1S/C12H20N6O5/c13-10-9(18(20)21)11(17-2-6-23-7-3-17)16-12(15-10)14-1-5-22-8-4-19/h19H,1-8H2,(H3,13,14,15,16). The molecule has 0 aliphatic carbocycles. The summed E-state index contributed by atoms with van der Waals surface area (Å²) in [6.07, 6.45) is 0. The Bertz CT molecular complexity index is 537. The van der Waals surface area contributed by atoms with Crippen molar-refractivity contribution in [3.8, 4) is 0 Å². The number of hydrogen-bond acceptors (Lipinski definition) is 10. The maximum atomic E-state index is 11.3. The van der Waals surface area contributed by atoms with Crippen molar-refractivity contribution >= 4 is 23.3 Å². The molecule has 0 amide bonds. The number of aliphatic hydroxyl groups is 1. The van der Waals surface area contributed by atoms with Gasteiger partial charge in [0.25, 0.3) is 0 Å². The lowest BCUT2D eigenvalue weighted by Gasteiger charge is -2.27. The van der Waals surface area contributed by atoms with Crippen LogP contribution in [0.15, 0.2) is 0 Å². The number of anilines is 3. The summed E-state index contributed by atoms with van der Waals surface area (Å²) in [7, 11) is 0. The Balaban J connectivity index is 2.14. The van der Waals surface area contributed by atoms with Gasteiger partial charge in [0.15, 0.2) is 0 Å². The summed E-state index contributed by atoms with van der Waals surface area (Å²) in [6.45, 7) is 2.85. The molecular formula is C12H20N6O5.